The van der Waals surface area contributed by atoms with Crippen molar-refractivity contribution in [3.8, 4) is 5.75 Å². The lowest BCUT2D eigenvalue weighted by molar-refractivity contribution is -0.127. The highest BCUT2D eigenvalue weighted by Crippen LogP contribution is 2.30. The highest BCUT2D eigenvalue weighted by Gasteiger charge is 2.19. The number of benzene rings is 2. The van der Waals surface area contributed by atoms with E-state index in [-0.39, 0.29) is 5.91 Å². The summed E-state index contributed by atoms with van der Waals surface area (Å²) < 4.78 is 5.97. The number of hydrogen-bond acceptors (Lipinski definition) is 3. The van der Waals surface area contributed by atoms with Gasteiger partial charge in [0.05, 0.1) is 0 Å². The summed E-state index contributed by atoms with van der Waals surface area (Å²) >= 11 is 7.57. The SMILES string of the molecule is C[C@H](Oc1cccc2c1CCCC2)C(=O)NCCSc1ccc(Cl)cc1. The van der Waals surface area contributed by atoms with Crippen LogP contribution in [0.2, 0.25) is 5.02 Å². The summed E-state index contributed by atoms with van der Waals surface area (Å²) in [6.07, 6.45) is 4.07. The lowest BCUT2D eigenvalue weighted by Gasteiger charge is -2.22. The summed E-state index contributed by atoms with van der Waals surface area (Å²) in [5.74, 6) is 1.59. The summed E-state index contributed by atoms with van der Waals surface area (Å²) in [5.41, 5.74) is 2.64. The molecule has 5 heteroatoms. The summed E-state index contributed by atoms with van der Waals surface area (Å²) in [6, 6.07) is 13.9. The normalized spacial score (nSPS) is 14.4. The fraction of sp³-hybridized carbons (Fsp3) is 0.381. The third kappa shape index (κ3) is 5.18. The molecule has 1 aliphatic carbocycles. The monoisotopic (exact) mass is 389 g/mol. The van der Waals surface area contributed by atoms with Crippen LogP contribution in [0, 0.1) is 0 Å². The second-order valence-electron chi connectivity index (χ2n) is 6.45. The number of hydrogen-bond donors (Lipinski definition) is 1. The van der Waals surface area contributed by atoms with E-state index < -0.39 is 6.10 Å². The highest BCUT2D eigenvalue weighted by molar-refractivity contribution is 7.99. The van der Waals surface area contributed by atoms with Gasteiger partial charge in [-0.15, -0.1) is 11.8 Å². The van der Waals surface area contributed by atoms with E-state index >= 15 is 0 Å². The van der Waals surface area contributed by atoms with Gasteiger partial charge in [0.25, 0.3) is 5.91 Å². The van der Waals surface area contributed by atoms with Gasteiger partial charge in [-0.1, -0.05) is 23.7 Å². The average molecular weight is 390 g/mol. The van der Waals surface area contributed by atoms with Gasteiger partial charge in [0.2, 0.25) is 0 Å². The minimum Gasteiger partial charge on any atom is -0.481 e. The van der Waals surface area contributed by atoms with Gasteiger partial charge in [-0.2, -0.15) is 0 Å². The van der Waals surface area contributed by atoms with Crippen molar-refractivity contribution >= 4 is 29.3 Å². The first-order valence-electron chi connectivity index (χ1n) is 9.07. The lowest BCUT2D eigenvalue weighted by atomic mass is 9.91. The summed E-state index contributed by atoms with van der Waals surface area (Å²) in [5, 5.41) is 3.69. The molecule has 2 aromatic rings. The molecule has 3 rings (SSSR count). The number of aryl methyl sites for hydroxylation is 1. The van der Waals surface area contributed by atoms with Crippen LogP contribution in [-0.2, 0) is 17.6 Å². The van der Waals surface area contributed by atoms with Crippen LogP contribution in [0.1, 0.15) is 30.9 Å². The zero-order valence-corrected chi connectivity index (χ0v) is 16.5. The van der Waals surface area contributed by atoms with Crippen LogP contribution in [-0.4, -0.2) is 24.3 Å². The summed E-state index contributed by atoms with van der Waals surface area (Å²) in [7, 11) is 0. The molecule has 0 bridgehead atoms. The standard InChI is InChI=1S/C21H24ClNO2S/c1-15(25-20-8-4-6-16-5-2-3-7-19(16)20)21(24)23-13-14-26-18-11-9-17(22)10-12-18/h4,6,8-12,15H,2-3,5,7,13-14H2,1H3,(H,23,24)/t15-/m0/s1. The second-order valence-corrected chi connectivity index (χ2v) is 8.06. The predicted molar refractivity (Wildman–Crippen MR) is 108 cm³/mol. The molecule has 0 fully saturated rings. The Balaban J connectivity index is 1.45. The molecular formula is C21H24ClNO2S. The number of ether oxygens (including phenoxy) is 1. The molecule has 3 nitrogen and oxygen atoms in total. The first kappa shape index (κ1) is 19.1. The molecule has 0 spiro atoms. The topological polar surface area (TPSA) is 38.3 Å². The first-order valence-corrected chi connectivity index (χ1v) is 10.4. The number of amides is 1. The van der Waals surface area contributed by atoms with Crippen LogP contribution < -0.4 is 10.1 Å². The number of fused-ring (bicyclic) bond motifs is 1. The Kier molecular flexibility index (Phi) is 6.86. The molecule has 0 radical (unpaired) electrons. The summed E-state index contributed by atoms with van der Waals surface area (Å²) in [6.45, 7) is 2.41. The van der Waals surface area contributed by atoms with E-state index in [0.717, 1.165) is 34.3 Å². The van der Waals surface area contributed by atoms with Gasteiger partial charge in [-0.3, -0.25) is 4.79 Å². The third-order valence-corrected chi connectivity index (χ3v) is 5.78. The Bertz CT molecular complexity index is 748. The van der Waals surface area contributed by atoms with Gasteiger partial charge in [-0.25, -0.2) is 0 Å². The van der Waals surface area contributed by atoms with Gasteiger partial charge < -0.3 is 10.1 Å². The number of nitrogens with one attached hydrogen (secondary N) is 1. The first-order chi connectivity index (χ1) is 12.6. The molecule has 0 heterocycles. The van der Waals surface area contributed by atoms with E-state index in [2.05, 4.69) is 11.4 Å². The lowest BCUT2D eigenvalue weighted by Crippen LogP contribution is -2.37. The van der Waals surface area contributed by atoms with Gasteiger partial charge in [-0.05, 0) is 74.1 Å². The fourth-order valence-corrected chi connectivity index (χ4v) is 4.01. The van der Waals surface area contributed by atoms with E-state index in [1.54, 1.807) is 11.8 Å². The van der Waals surface area contributed by atoms with E-state index in [4.69, 9.17) is 16.3 Å². The Hall–Kier alpha value is -1.65. The predicted octanol–water partition coefficient (Wildman–Crippen LogP) is 4.89. The van der Waals surface area contributed by atoms with Gasteiger partial charge in [0.1, 0.15) is 5.75 Å². The van der Waals surface area contributed by atoms with Crippen molar-refractivity contribution in [2.45, 2.75) is 43.6 Å². The van der Waals surface area contributed by atoms with Crippen molar-refractivity contribution < 1.29 is 9.53 Å². The van der Waals surface area contributed by atoms with Crippen LogP contribution in [0.5, 0.6) is 5.75 Å². The number of rotatable bonds is 7. The summed E-state index contributed by atoms with van der Waals surface area (Å²) in [4.78, 5) is 13.5. The number of carbonyl (C=O) groups is 1. The van der Waals surface area contributed by atoms with Crippen molar-refractivity contribution in [1.82, 2.24) is 5.32 Å². The Morgan fingerprint density at radius 1 is 1.19 bits per heavy atom. The van der Waals surface area contributed by atoms with E-state index in [1.807, 2.05) is 43.3 Å². The van der Waals surface area contributed by atoms with Gasteiger partial charge >= 0.3 is 0 Å². The van der Waals surface area contributed by atoms with E-state index in [1.165, 1.54) is 24.0 Å². The van der Waals surface area contributed by atoms with Crippen molar-refractivity contribution in [3.05, 3.63) is 58.6 Å². The van der Waals surface area contributed by atoms with Crippen LogP contribution in [0.4, 0.5) is 0 Å². The molecule has 26 heavy (non-hydrogen) atoms. The number of carbonyl (C=O) groups excluding carboxylic acids is 1. The zero-order chi connectivity index (χ0) is 18.4. The van der Waals surface area contributed by atoms with E-state index in [9.17, 15) is 4.79 Å². The van der Waals surface area contributed by atoms with Crippen LogP contribution in [0.15, 0.2) is 47.4 Å². The van der Waals surface area contributed by atoms with Gasteiger partial charge in [0, 0.05) is 22.2 Å². The number of thioether (sulfide) groups is 1. The molecule has 0 unspecified atom stereocenters. The van der Waals surface area contributed by atoms with Crippen LogP contribution in [0.25, 0.3) is 0 Å². The Morgan fingerprint density at radius 2 is 1.96 bits per heavy atom. The largest absolute Gasteiger partial charge is 0.481 e. The minimum absolute atomic E-state index is 0.0740. The Labute approximate surface area is 164 Å². The molecule has 138 valence electrons. The molecule has 0 aromatic heterocycles. The molecule has 1 atom stereocenters. The van der Waals surface area contributed by atoms with Crippen molar-refractivity contribution in [2.24, 2.45) is 0 Å². The van der Waals surface area contributed by atoms with Crippen LogP contribution in [0.3, 0.4) is 0 Å². The maximum Gasteiger partial charge on any atom is 0.260 e. The van der Waals surface area contributed by atoms with Crippen molar-refractivity contribution in [1.29, 1.82) is 0 Å². The third-order valence-electron chi connectivity index (χ3n) is 4.51. The highest BCUT2D eigenvalue weighted by atomic mass is 35.5. The van der Waals surface area contributed by atoms with Gasteiger partial charge in [0.15, 0.2) is 6.10 Å². The minimum atomic E-state index is -0.496. The molecule has 1 aliphatic rings. The maximum atomic E-state index is 12.3. The fourth-order valence-electron chi connectivity index (χ4n) is 3.12. The average Bonchev–Trinajstić information content (AvgIpc) is 2.66. The molecule has 0 aliphatic heterocycles. The quantitative estimate of drug-likeness (QED) is 0.541. The zero-order valence-electron chi connectivity index (χ0n) is 15.0. The molecular weight excluding hydrogens is 366 g/mol. The molecule has 2 aromatic carbocycles. The molecule has 0 saturated heterocycles. The molecule has 1 N–H and O–H groups in total. The smallest absolute Gasteiger partial charge is 0.260 e. The molecule has 0 saturated carbocycles. The Morgan fingerprint density at radius 3 is 2.77 bits per heavy atom. The van der Waals surface area contributed by atoms with Crippen molar-refractivity contribution in [2.75, 3.05) is 12.3 Å². The van der Waals surface area contributed by atoms with Crippen molar-refractivity contribution in [3.63, 3.8) is 0 Å². The molecule has 1 amide bonds. The second kappa shape index (κ2) is 9.33. The maximum absolute atomic E-state index is 12.3. The van der Waals surface area contributed by atoms with E-state index in [0.29, 0.717) is 6.54 Å². The van der Waals surface area contributed by atoms with Crippen LogP contribution >= 0.6 is 23.4 Å². The number of halogens is 1.